The molecule has 0 spiro atoms. The van der Waals surface area contributed by atoms with Gasteiger partial charge >= 0.3 is 5.69 Å². The molecule has 0 bridgehead atoms. The van der Waals surface area contributed by atoms with Crippen molar-refractivity contribution in [3.05, 3.63) is 39.7 Å². The van der Waals surface area contributed by atoms with E-state index in [9.17, 15) is 14.5 Å². The molecule has 2 rings (SSSR count). The van der Waals surface area contributed by atoms with E-state index in [1.54, 1.807) is 0 Å². The second-order valence-corrected chi connectivity index (χ2v) is 4.55. The van der Waals surface area contributed by atoms with Crippen LogP contribution < -0.4 is 5.73 Å². The summed E-state index contributed by atoms with van der Waals surface area (Å²) in [5.74, 6) is -0.293. The van der Waals surface area contributed by atoms with E-state index in [0.717, 1.165) is 25.0 Å². The van der Waals surface area contributed by atoms with E-state index in [1.807, 2.05) is 0 Å². The molecular weight excluding hydrogens is 239 g/mol. The van der Waals surface area contributed by atoms with E-state index in [2.05, 4.69) is 0 Å². The third-order valence-corrected chi connectivity index (χ3v) is 3.22. The van der Waals surface area contributed by atoms with Gasteiger partial charge in [-0.1, -0.05) is 0 Å². The number of nitro benzene ring substituents is 1. The van der Waals surface area contributed by atoms with Gasteiger partial charge in [0, 0.05) is 6.07 Å². The van der Waals surface area contributed by atoms with E-state index in [-0.39, 0.29) is 12.7 Å². The molecule has 1 saturated carbocycles. The van der Waals surface area contributed by atoms with Gasteiger partial charge in [-0.3, -0.25) is 10.1 Å². The third kappa shape index (κ3) is 2.83. The summed E-state index contributed by atoms with van der Waals surface area (Å²) in [5, 5.41) is 10.4. The Kier molecular flexibility index (Phi) is 3.88. The molecule has 98 valence electrons. The summed E-state index contributed by atoms with van der Waals surface area (Å²) < 4.78 is 18.9. The molecule has 1 aliphatic carbocycles. The monoisotopic (exact) mass is 254 g/mol. The Bertz CT molecular complexity index is 447. The summed E-state index contributed by atoms with van der Waals surface area (Å²) >= 11 is 0. The van der Waals surface area contributed by atoms with Crippen LogP contribution in [0.4, 0.5) is 10.1 Å². The van der Waals surface area contributed by atoms with Crippen molar-refractivity contribution < 1.29 is 14.1 Å². The van der Waals surface area contributed by atoms with Crippen LogP contribution in [-0.2, 0) is 11.3 Å². The number of halogens is 1. The van der Waals surface area contributed by atoms with Crippen LogP contribution >= 0.6 is 0 Å². The van der Waals surface area contributed by atoms with E-state index in [1.165, 1.54) is 6.07 Å². The smallest absolute Gasteiger partial charge is 0.304 e. The van der Waals surface area contributed by atoms with Gasteiger partial charge < -0.3 is 10.5 Å². The molecule has 0 unspecified atom stereocenters. The number of rotatable bonds is 5. The number of nitrogens with zero attached hydrogens (tertiary/aromatic N) is 1. The van der Waals surface area contributed by atoms with Crippen molar-refractivity contribution in [3.63, 3.8) is 0 Å². The number of ether oxygens (including phenoxy) is 1. The van der Waals surface area contributed by atoms with Crippen molar-refractivity contribution in [2.45, 2.75) is 25.6 Å². The van der Waals surface area contributed by atoms with Gasteiger partial charge in [0.05, 0.1) is 17.6 Å². The van der Waals surface area contributed by atoms with Crippen LogP contribution in [0, 0.1) is 21.8 Å². The highest BCUT2D eigenvalue weighted by molar-refractivity contribution is 5.34. The van der Waals surface area contributed by atoms with E-state index < -0.39 is 16.4 Å². The summed E-state index contributed by atoms with van der Waals surface area (Å²) in [6, 6.07) is 3.83. The summed E-state index contributed by atoms with van der Waals surface area (Å²) in [7, 11) is 0. The molecule has 0 aromatic heterocycles. The molecule has 1 fully saturated rings. The van der Waals surface area contributed by atoms with Crippen LogP contribution in [0.5, 0.6) is 0 Å². The maximum atomic E-state index is 13.3. The lowest BCUT2D eigenvalue weighted by molar-refractivity contribution is -0.387. The van der Waals surface area contributed by atoms with Crippen LogP contribution in [0.25, 0.3) is 0 Å². The Morgan fingerprint density at radius 3 is 2.78 bits per heavy atom. The maximum Gasteiger partial charge on any atom is 0.304 e. The Morgan fingerprint density at radius 2 is 2.22 bits per heavy atom. The Morgan fingerprint density at radius 1 is 1.50 bits per heavy atom. The van der Waals surface area contributed by atoms with Gasteiger partial charge in [-0.2, -0.15) is 4.39 Å². The summed E-state index contributed by atoms with van der Waals surface area (Å²) in [6.07, 6.45) is 2.05. The lowest BCUT2D eigenvalue weighted by atomic mass is 9.82. The quantitative estimate of drug-likeness (QED) is 0.643. The molecule has 18 heavy (non-hydrogen) atoms. The molecule has 2 N–H and O–H groups in total. The molecule has 0 radical (unpaired) electrons. The van der Waals surface area contributed by atoms with Crippen LogP contribution in [0.3, 0.4) is 0 Å². The average molecular weight is 254 g/mol. The Balaban J connectivity index is 1.87. The summed E-state index contributed by atoms with van der Waals surface area (Å²) in [5.41, 5.74) is 5.60. The topological polar surface area (TPSA) is 78.4 Å². The van der Waals surface area contributed by atoms with Crippen LogP contribution in [-0.4, -0.2) is 17.6 Å². The maximum absolute atomic E-state index is 13.3. The zero-order valence-corrected chi connectivity index (χ0v) is 9.84. The number of nitro groups is 1. The molecule has 6 heteroatoms. The minimum atomic E-state index is -0.824. The fraction of sp³-hybridized carbons (Fsp3) is 0.500. The minimum Gasteiger partial charge on any atom is -0.374 e. The highest BCUT2D eigenvalue weighted by atomic mass is 19.1. The second-order valence-electron chi connectivity index (χ2n) is 4.55. The highest BCUT2D eigenvalue weighted by Crippen LogP contribution is 2.30. The molecule has 1 aliphatic rings. The van der Waals surface area contributed by atoms with Crippen molar-refractivity contribution >= 4 is 5.69 Å². The number of hydrogen-bond acceptors (Lipinski definition) is 4. The van der Waals surface area contributed by atoms with Crippen LogP contribution in [0.2, 0.25) is 0 Å². The number of benzene rings is 1. The average Bonchev–Trinajstić information content (AvgIpc) is 2.26. The van der Waals surface area contributed by atoms with Gasteiger partial charge in [0.15, 0.2) is 0 Å². The first-order valence-corrected chi connectivity index (χ1v) is 5.84. The second kappa shape index (κ2) is 5.41. The standard InChI is InChI=1S/C12H15FN2O3/c13-11-5-8(1-2-12(11)15(16)17)7-18-10-3-9(4-10)6-14/h1-2,5,9-10H,3-4,6-7,14H2. The van der Waals surface area contributed by atoms with Crippen LogP contribution in [0.1, 0.15) is 18.4 Å². The van der Waals surface area contributed by atoms with Gasteiger partial charge in [0.25, 0.3) is 0 Å². The summed E-state index contributed by atoms with van der Waals surface area (Å²) in [6.45, 7) is 0.947. The zero-order valence-electron chi connectivity index (χ0n) is 9.84. The zero-order chi connectivity index (χ0) is 13.1. The lowest BCUT2D eigenvalue weighted by Gasteiger charge is -2.34. The molecule has 0 saturated heterocycles. The van der Waals surface area contributed by atoms with Crippen molar-refractivity contribution in [3.8, 4) is 0 Å². The first kappa shape index (κ1) is 12.9. The molecule has 0 amide bonds. The molecular formula is C12H15FN2O3. The first-order valence-electron chi connectivity index (χ1n) is 5.84. The SMILES string of the molecule is NCC1CC(OCc2ccc([N+](=O)[O-])c(F)c2)C1. The Labute approximate surface area is 104 Å². The normalized spacial score (nSPS) is 22.6. The Hall–Kier alpha value is -1.53. The first-order chi connectivity index (χ1) is 8.60. The van der Waals surface area contributed by atoms with Crippen molar-refractivity contribution in [1.29, 1.82) is 0 Å². The van der Waals surface area contributed by atoms with Crippen LogP contribution in [0.15, 0.2) is 18.2 Å². The number of nitrogens with two attached hydrogens (primary N) is 1. The van der Waals surface area contributed by atoms with Gasteiger partial charge in [0.1, 0.15) is 0 Å². The predicted octanol–water partition coefficient (Wildman–Crippen LogP) is 1.99. The van der Waals surface area contributed by atoms with Crippen molar-refractivity contribution in [1.82, 2.24) is 0 Å². The molecule has 0 aliphatic heterocycles. The fourth-order valence-corrected chi connectivity index (χ4v) is 2.01. The third-order valence-electron chi connectivity index (χ3n) is 3.22. The number of hydrogen-bond donors (Lipinski definition) is 1. The van der Waals surface area contributed by atoms with E-state index in [0.29, 0.717) is 18.0 Å². The summed E-state index contributed by atoms with van der Waals surface area (Å²) in [4.78, 5) is 9.71. The van der Waals surface area contributed by atoms with Gasteiger partial charge in [-0.05, 0) is 43.0 Å². The molecule has 5 nitrogen and oxygen atoms in total. The minimum absolute atomic E-state index is 0.178. The molecule has 0 heterocycles. The lowest BCUT2D eigenvalue weighted by Crippen LogP contribution is -2.35. The predicted molar refractivity (Wildman–Crippen MR) is 63.4 cm³/mol. The van der Waals surface area contributed by atoms with Gasteiger partial charge in [-0.25, -0.2) is 0 Å². The van der Waals surface area contributed by atoms with E-state index in [4.69, 9.17) is 10.5 Å². The largest absolute Gasteiger partial charge is 0.374 e. The molecule has 0 atom stereocenters. The van der Waals surface area contributed by atoms with Gasteiger partial charge in [0.2, 0.25) is 5.82 Å². The van der Waals surface area contributed by atoms with Gasteiger partial charge in [-0.15, -0.1) is 0 Å². The molecule has 1 aromatic rings. The van der Waals surface area contributed by atoms with Crippen molar-refractivity contribution in [2.24, 2.45) is 11.7 Å². The fourth-order valence-electron chi connectivity index (χ4n) is 2.01. The molecule has 1 aromatic carbocycles. The van der Waals surface area contributed by atoms with Crippen molar-refractivity contribution in [2.75, 3.05) is 6.54 Å². The van der Waals surface area contributed by atoms with E-state index >= 15 is 0 Å². The highest BCUT2D eigenvalue weighted by Gasteiger charge is 2.28.